The molecule has 1 N–H and O–H groups in total. The first-order valence-electron chi connectivity index (χ1n) is 8.33. The second-order valence-corrected chi connectivity index (χ2v) is 6.87. The van der Waals surface area contributed by atoms with Crippen LogP contribution in [0.15, 0.2) is 24.3 Å². The summed E-state index contributed by atoms with van der Waals surface area (Å²) in [5.41, 5.74) is 1.82. The summed E-state index contributed by atoms with van der Waals surface area (Å²) in [6.45, 7) is 4.81. The molecule has 3 heterocycles. The third-order valence-electron chi connectivity index (χ3n) is 5.64. The van der Waals surface area contributed by atoms with Gasteiger partial charge >= 0.3 is 0 Å². The highest BCUT2D eigenvalue weighted by atomic mass is 16.2. The van der Waals surface area contributed by atoms with Gasteiger partial charge in [-0.1, -0.05) is 31.5 Å². The predicted molar refractivity (Wildman–Crippen MR) is 83.5 cm³/mol. The Labute approximate surface area is 130 Å². The average Bonchev–Trinajstić information content (AvgIpc) is 2.78. The molecule has 1 aromatic carbocycles. The molecular formula is C18H22N2O2. The molecule has 1 aromatic rings. The minimum absolute atomic E-state index is 0.0457. The molecule has 2 saturated heterocycles. The number of rotatable bonds is 2. The minimum Gasteiger partial charge on any atom is -0.330 e. The summed E-state index contributed by atoms with van der Waals surface area (Å²) in [5.74, 6) is 0.304. The second kappa shape index (κ2) is 4.92. The molecule has 4 rings (SSSR count). The Hall–Kier alpha value is -1.68. The number of carbonyl (C=O) groups excluding carboxylic acids is 2. The van der Waals surface area contributed by atoms with E-state index in [-0.39, 0.29) is 35.9 Å². The topological polar surface area (TPSA) is 49.4 Å². The standard InChI is InChI=1S/C18H22N2O2/c1-3-6-14-13-9-20-16(15(17(13)21)10(2)19-14)11-7-4-5-8-12(11)18(20)22/h4-5,7-8,10,13-16,19H,3,6,9H2,1-2H3/t10-,13+,14+,15+,16-/m1/s1. The van der Waals surface area contributed by atoms with E-state index in [9.17, 15) is 9.59 Å². The van der Waals surface area contributed by atoms with Crippen LogP contribution >= 0.6 is 0 Å². The van der Waals surface area contributed by atoms with Crippen LogP contribution in [0.5, 0.6) is 0 Å². The van der Waals surface area contributed by atoms with Crippen molar-refractivity contribution in [2.45, 2.75) is 44.8 Å². The second-order valence-electron chi connectivity index (χ2n) is 6.87. The van der Waals surface area contributed by atoms with Crippen molar-refractivity contribution in [1.29, 1.82) is 0 Å². The van der Waals surface area contributed by atoms with Gasteiger partial charge in [-0.05, 0) is 25.0 Å². The number of Topliss-reactive ketones (excluding diaryl/α,β-unsaturated/α-hetero) is 1. The van der Waals surface area contributed by atoms with Crippen molar-refractivity contribution in [3.05, 3.63) is 35.4 Å². The third kappa shape index (κ3) is 1.73. The molecule has 2 fully saturated rings. The first-order chi connectivity index (χ1) is 10.6. The predicted octanol–water partition coefficient (Wildman–Crippen LogP) is 2.16. The van der Waals surface area contributed by atoms with E-state index in [0.717, 1.165) is 24.0 Å². The molecule has 0 unspecified atom stereocenters. The Morgan fingerprint density at radius 1 is 1.27 bits per heavy atom. The lowest BCUT2D eigenvalue weighted by molar-refractivity contribution is -0.140. The fraction of sp³-hybridized carbons (Fsp3) is 0.556. The number of carbonyl (C=O) groups is 2. The number of amides is 1. The summed E-state index contributed by atoms with van der Waals surface area (Å²) < 4.78 is 0. The number of ketones is 1. The molecule has 0 saturated carbocycles. The van der Waals surface area contributed by atoms with Crippen molar-refractivity contribution in [3.8, 4) is 0 Å². The maximum atomic E-state index is 13.0. The molecule has 2 bridgehead atoms. The fourth-order valence-electron chi connectivity index (χ4n) is 4.69. The molecule has 0 radical (unpaired) electrons. The highest BCUT2D eigenvalue weighted by Crippen LogP contribution is 2.47. The van der Waals surface area contributed by atoms with Gasteiger partial charge in [0.15, 0.2) is 0 Å². The lowest BCUT2D eigenvalue weighted by atomic mass is 9.70. The van der Waals surface area contributed by atoms with Crippen molar-refractivity contribution in [2.75, 3.05) is 6.54 Å². The largest absolute Gasteiger partial charge is 0.330 e. The Morgan fingerprint density at radius 2 is 2.05 bits per heavy atom. The molecule has 0 aromatic heterocycles. The lowest BCUT2D eigenvalue weighted by Gasteiger charge is -2.50. The molecule has 116 valence electrons. The van der Waals surface area contributed by atoms with Gasteiger partial charge in [-0.2, -0.15) is 0 Å². The van der Waals surface area contributed by atoms with E-state index in [1.54, 1.807) is 0 Å². The van der Waals surface area contributed by atoms with Crippen LogP contribution in [0.1, 0.15) is 48.7 Å². The van der Waals surface area contributed by atoms with Crippen molar-refractivity contribution in [2.24, 2.45) is 11.8 Å². The van der Waals surface area contributed by atoms with Crippen LogP contribution in [0.2, 0.25) is 0 Å². The number of hydrogen-bond acceptors (Lipinski definition) is 3. The average molecular weight is 298 g/mol. The zero-order chi connectivity index (χ0) is 15.4. The van der Waals surface area contributed by atoms with E-state index in [1.165, 1.54) is 0 Å². The molecule has 4 heteroatoms. The fourth-order valence-corrected chi connectivity index (χ4v) is 4.69. The molecule has 4 nitrogen and oxygen atoms in total. The first kappa shape index (κ1) is 13.9. The summed E-state index contributed by atoms with van der Waals surface area (Å²) in [5, 5.41) is 3.65. The van der Waals surface area contributed by atoms with Crippen molar-refractivity contribution >= 4 is 11.7 Å². The Bertz CT molecular complexity index is 642. The maximum Gasteiger partial charge on any atom is 0.254 e. The van der Waals surface area contributed by atoms with Crippen molar-refractivity contribution < 1.29 is 9.59 Å². The third-order valence-corrected chi connectivity index (χ3v) is 5.64. The van der Waals surface area contributed by atoms with E-state index in [1.807, 2.05) is 29.2 Å². The number of fused-ring (bicyclic) bond motifs is 6. The summed E-state index contributed by atoms with van der Waals surface area (Å²) >= 11 is 0. The molecular weight excluding hydrogens is 276 g/mol. The van der Waals surface area contributed by atoms with Gasteiger partial charge in [-0.3, -0.25) is 9.59 Å². The first-order valence-corrected chi connectivity index (χ1v) is 8.33. The van der Waals surface area contributed by atoms with Gasteiger partial charge in [0.05, 0.1) is 17.9 Å². The Balaban J connectivity index is 1.77. The summed E-state index contributed by atoms with van der Waals surface area (Å²) in [4.78, 5) is 27.7. The van der Waals surface area contributed by atoms with Gasteiger partial charge in [-0.15, -0.1) is 0 Å². The minimum atomic E-state index is -0.112. The van der Waals surface area contributed by atoms with E-state index in [2.05, 4.69) is 19.2 Å². The quantitative estimate of drug-likeness (QED) is 0.910. The van der Waals surface area contributed by atoms with Crippen LogP contribution in [0.3, 0.4) is 0 Å². The highest BCUT2D eigenvalue weighted by molar-refractivity contribution is 6.02. The molecule has 22 heavy (non-hydrogen) atoms. The zero-order valence-electron chi connectivity index (χ0n) is 13.1. The van der Waals surface area contributed by atoms with Crippen molar-refractivity contribution in [1.82, 2.24) is 10.2 Å². The van der Waals surface area contributed by atoms with E-state index in [0.29, 0.717) is 12.3 Å². The van der Waals surface area contributed by atoms with Crippen molar-refractivity contribution in [3.63, 3.8) is 0 Å². The van der Waals surface area contributed by atoms with E-state index in [4.69, 9.17) is 0 Å². The van der Waals surface area contributed by atoms with Crippen LogP contribution < -0.4 is 5.32 Å². The van der Waals surface area contributed by atoms with Crippen LogP contribution in [0.4, 0.5) is 0 Å². The van der Waals surface area contributed by atoms with Gasteiger partial charge in [0.1, 0.15) is 5.78 Å². The number of benzene rings is 1. The van der Waals surface area contributed by atoms with E-state index >= 15 is 0 Å². The molecule has 3 aliphatic heterocycles. The summed E-state index contributed by atoms with van der Waals surface area (Å²) in [6, 6.07) is 8.03. The van der Waals surface area contributed by atoms with Gasteiger partial charge < -0.3 is 10.2 Å². The van der Waals surface area contributed by atoms with Gasteiger partial charge in [-0.25, -0.2) is 0 Å². The molecule has 0 spiro atoms. The monoisotopic (exact) mass is 298 g/mol. The van der Waals surface area contributed by atoms with Crippen LogP contribution in [-0.4, -0.2) is 35.2 Å². The van der Waals surface area contributed by atoms with Gasteiger partial charge in [0.2, 0.25) is 0 Å². The number of nitrogens with zero attached hydrogens (tertiary/aromatic N) is 1. The zero-order valence-corrected chi connectivity index (χ0v) is 13.1. The SMILES string of the molecule is CCC[C@@H]1N[C@H](C)[C@@H]2C(=O)[C@H]1CN1C(=O)c3ccccc3[C@H]21. The van der Waals surface area contributed by atoms with Crippen LogP contribution in [-0.2, 0) is 4.79 Å². The molecule has 3 aliphatic rings. The highest BCUT2D eigenvalue weighted by Gasteiger charge is 2.55. The number of hydrogen-bond donors (Lipinski definition) is 1. The van der Waals surface area contributed by atoms with Gasteiger partial charge in [0, 0.05) is 24.2 Å². The molecule has 0 aliphatic carbocycles. The maximum absolute atomic E-state index is 13.0. The van der Waals surface area contributed by atoms with Gasteiger partial charge in [0.25, 0.3) is 5.91 Å². The normalized spacial score (nSPS) is 36.3. The number of piperidine rings is 2. The molecule has 5 atom stereocenters. The summed E-state index contributed by atoms with van der Waals surface area (Å²) in [6.07, 6.45) is 2.05. The Kier molecular flexibility index (Phi) is 3.12. The summed E-state index contributed by atoms with van der Waals surface area (Å²) in [7, 11) is 0. The van der Waals surface area contributed by atoms with Crippen LogP contribution in [0, 0.1) is 11.8 Å². The lowest BCUT2D eigenvalue weighted by Crippen LogP contribution is -2.65. The number of nitrogens with one attached hydrogen (secondary N) is 1. The smallest absolute Gasteiger partial charge is 0.254 e. The Morgan fingerprint density at radius 3 is 2.82 bits per heavy atom. The molecule has 1 amide bonds. The van der Waals surface area contributed by atoms with E-state index < -0.39 is 0 Å². The van der Waals surface area contributed by atoms with Crippen LogP contribution in [0.25, 0.3) is 0 Å².